The number of rotatable bonds is 5. The van der Waals surface area contributed by atoms with Crippen molar-refractivity contribution in [2.75, 3.05) is 17.6 Å². The first-order valence-electron chi connectivity index (χ1n) is 5.37. The van der Waals surface area contributed by atoms with Crippen molar-refractivity contribution in [3.05, 3.63) is 23.8 Å². The maximum Gasteiger partial charge on any atom is 0.0512 e. The lowest BCUT2D eigenvalue weighted by Gasteiger charge is -2.09. The zero-order valence-electron chi connectivity index (χ0n) is 9.46. The van der Waals surface area contributed by atoms with Gasteiger partial charge in [0.2, 0.25) is 0 Å². The van der Waals surface area contributed by atoms with Crippen molar-refractivity contribution in [1.29, 1.82) is 0 Å². The Hall–Kier alpha value is -1.22. The first-order chi connectivity index (χ1) is 7.09. The van der Waals surface area contributed by atoms with Crippen LogP contribution in [0.25, 0.3) is 0 Å². The molecule has 4 N–H and O–H groups in total. The molecule has 0 saturated heterocycles. The molecular weight excluding hydrogens is 188 g/mol. The van der Waals surface area contributed by atoms with Crippen LogP contribution in [0.15, 0.2) is 18.2 Å². The summed E-state index contributed by atoms with van der Waals surface area (Å²) < 4.78 is 0. The molecule has 1 atom stereocenters. The third-order valence-electron chi connectivity index (χ3n) is 2.41. The van der Waals surface area contributed by atoms with E-state index in [9.17, 15) is 0 Å². The predicted octanol–water partition coefficient (Wildman–Crippen LogP) is 2.15. The molecule has 84 valence electrons. The minimum absolute atomic E-state index is 0.213. The molecule has 0 bridgehead atoms. The SMILES string of the molecule is Cc1ccc(NCCCC(C)O)cc1N. The van der Waals surface area contributed by atoms with Gasteiger partial charge in [-0.1, -0.05) is 6.07 Å². The average Bonchev–Trinajstić information content (AvgIpc) is 2.18. The van der Waals surface area contributed by atoms with E-state index in [2.05, 4.69) is 5.32 Å². The van der Waals surface area contributed by atoms with Gasteiger partial charge in [0, 0.05) is 17.9 Å². The Labute approximate surface area is 91.3 Å². The molecule has 0 aliphatic heterocycles. The van der Waals surface area contributed by atoms with Crippen LogP contribution in [0.4, 0.5) is 11.4 Å². The largest absolute Gasteiger partial charge is 0.398 e. The lowest BCUT2D eigenvalue weighted by Crippen LogP contribution is -2.06. The zero-order valence-corrected chi connectivity index (χ0v) is 9.46. The van der Waals surface area contributed by atoms with E-state index >= 15 is 0 Å². The molecule has 15 heavy (non-hydrogen) atoms. The van der Waals surface area contributed by atoms with Crippen LogP contribution in [0.1, 0.15) is 25.3 Å². The van der Waals surface area contributed by atoms with Gasteiger partial charge in [0.1, 0.15) is 0 Å². The van der Waals surface area contributed by atoms with E-state index in [1.54, 1.807) is 0 Å². The minimum atomic E-state index is -0.213. The van der Waals surface area contributed by atoms with Crippen LogP contribution in [0.5, 0.6) is 0 Å². The number of aliphatic hydroxyl groups excluding tert-OH is 1. The molecule has 0 amide bonds. The van der Waals surface area contributed by atoms with E-state index in [1.807, 2.05) is 32.0 Å². The number of nitrogens with one attached hydrogen (secondary N) is 1. The monoisotopic (exact) mass is 208 g/mol. The Balaban J connectivity index is 2.35. The number of hydrogen-bond acceptors (Lipinski definition) is 3. The summed E-state index contributed by atoms with van der Waals surface area (Å²) in [6, 6.07) is 5.97. The Kier molecular flexibility index (Phi) is 4.43. The molecular formula is C12H20N2O. The van der Waals surface area contributed by atoms with Gasteiger partial charge in [-0.15, -0.1) is 0 Å². The maximum absolute atomic E-state index is 9.08. The fourth-order valence-corrected chi connectivity index (χ4v) is 1.38. The third-order valence-corrected chi connectivity index (χ3v) is 2.41. The molecule has 0 aliphatic carbocycles. The summed E-state index contributed by atoms with van der Waals surface area (Å²) in [5.74, 6) is 0. The highest BCUT2D eigenvalue weighted by Gasteiger charge is 1.97. The van der Waals surface area contributed by atoms with Gasteiger partial charge >= 0.3 is 0 Å². The number of aliphatic hydroxyl groups is 1. The van der Waals surface area contributed by atoms with E-state index in [0.717, 1.165) is 36.3 Å². The summed E-state index contributed by atoms with van der Waals surface area (Å²) in [5, 5.41) is 12.4. The highest BCUT2D eigenvalue weighted by molar-refractivity contribution is 5.58. The second kappa shape index (κ2) is 5.61. The van der Waals surface area contributed by atoms with Crippen molar-refractivity contribution in [1.82, 2.24) is 0 Å². The maximum atomic E-state index is 9.08. The van der Waals surface area contributed by atoms with Crippen molar-refractivity contribution in [3.63, 3.8) is 0 Å². The Morgan fingerprint density at radius 1 is 1.47 bits per heavy atom. The van der Waals surface area contributed by atoms with E-state index < -0.39 is 0 Å². The molecule has 1 unspecified atom stereocenters. The number of nitrogens with two attached hydrogens (primary N) is 1. The molecule has 0 aliphatic rings. The molecule has 0 radical (unpaired) electrons. The quantitative estimate of drug-likeness (QED) is 0.513. The van der Waals surface area contributed by atoms with E-state index in [1.165, 1.54) is 0 Å². The summed E-state index contributed by atoms with van der Waals surface area (Å²) in [4.78, 5) is 0. The highest BCUT2D eigenvalue weighted by atomic mass is 16.3. The van der Waals surface area contributed by atoms with Crippen LogP contribution in [-0.4, -0.2) is 17.8 Å². The summed E-state index contributed by atoms with van der Waals surface area (Å²) in [6.07, 6.45) is 1.58. The van der Waals surface area contributed by atoms with Gasteiger partial charge in [-0.05, 0) is 44.4 Å². The van der Waals surface area contributed by atoms with Crippen molar-refractivity contribution < 1.29 is 5.11 Å². The van der Waals surface area contributed by atoms with Gasteiger partial charge in [0.05, 0.1) is 6.10 Å². The number of aryl methyl sites for hydroxylation is 1. The average molecular weight is 208 g/mol. The van der Waals surface area contributed by atoms with Crippen molar-refractivity contribution in [3.8, 4) is 0 Å². The summed E-state index contributed by atoms with van der Waals surface area (Å²) in [7, 11) is 0. The van der Waals surface area contributed by atoms with Crippen LogP contribution < -0.4 is 11.1 Å². The van der Waals surface area contributed by atoms with Crippen molar-refractivity contribution in [2.24, 2.45) is 0 Å². The molecule has 1 rings (SSSR count). The van der Waals surface area contributed by atoms with E-state index in [-0.39, 0.29) is 6.10 Å². The number of anilines is 2. The highest BCUT2D eigenvalue weighted by Crippen LogP contribution is 2.16. The second-order valence-electron chi connectivity index (χ2n) is 3.99. The van der Waals surface area contributed by atoms with Crippen molar-refractivity contribution >= 4 is 11.4 Å². The van der Waals surface area contributed by atoms with Gasteiger partial charge < -0.3 is 16.2 Å². The normalized spacial score (nSPS) is 12.5. The molecule has 0 aromatic heterocycles. The van der Waals surface area contributed by atoms with Crippen LogP contribution in [0, 0.1) is 6.92 Å². The number of nitrogen functional groups attached to an aromatic ring is 1. The third kappa shape index (κ3) is 4.21. The van der Waals surface area contributed by atoms with Gasteiger partial charge in [0.15, 0.2) is 0 Å². The first-order valence-corrected chi connectivity index (χ1v) is 5.37. The van der Waals surface area contributed by atoms with Crippen molar-refractivity contribution in [2.45, 2.75) is 32.8 Å². The lowest BCUT2D eigenvalue weighted by atomic mass is 10.2. The fraction of sp³-hybridized carbons (Fsp3) is 0.500. The molecule has 3 heteroatoms. The van der Waals surface area contributed by atoms with Gasteiger partial charge in [-0.25, -0.2) is 0 Å². The standard InChI is InChI=1S/C12H20N2O/c1-9-5-6-11(8-12(9)13)14-7-3-4-10(2)15/h5-6,8,10,14-15H,3-4,7,13H2,1-2H3. The van der Waals surface area contributed by atoms with E-state index in [4.69, 9.17) is 10.8 Å². The van der Waals surface area contributed by atoms with Gasteiger partial charge in [-0.3, -0.25) is 0 Å². The molecule has 0 heterocycles. The molecule has 0 fully saturated rings. The van der Waals surface area contributed by atoms with Gasteiger partial charge in [0.25, 0.3) is 0 Å². The fourth-order valence-electron chi connectivity index (χ4n) is 1.38. The molecule has 3 nitrogen and oxygen atoms in total. The topological polar surface area (TPSA) is 58.3 Å². The minimum Gasteiger partial charge on any atom is -0.398 e. The Morgan fingerprint density at radius 3 is 2.80 bits per heavy atom. The first kappa shape index (κ1) is 11.9. The molecule has 0 spiro atoms. The number of hydrogen-bond donors (Lipinski definition) is 3. The second-order valence-corrected chi connectivity index (χ2v) is 3.99. The molecule has 1 aromatic carbocycles. The smallest absolute Gasteiger partial charge is 0.0512 e. The molecule has 1 aromatic rings. The van der Waals surface area contributed by atoms with Crippen LogP contribution in [-0.2, 0) is 0 Å². The Morgan fingerprint density at radius 2 is 2.20 bits per heavy atom. The zero-order chi connectivity index (χ0) is 11.3. The molecule has 0 saturated carbocycles. The van der Waals surface area contributed by atoms with Gasteiger partial charge in [-0.2, -0.15) is 0 Å². The van der Waals surface area contributed by atoms with Crippen LogP contribution in [0.2, 0.25) is 0 Å². The predicted molar refractivity (Wildman–Crippen MR) is 65.0 cm³/mol. The lowest BCUT2D eigenvalue weighted by molar-refractivity contribution is 0.183. The number of benzene rings is 1. The summed E-state index contributed by atoms with van der Waals surface area (Å²) >= 11 is 0. The van der Waals surface area contributed by atoms with Crippen LogP contribution >= 0.6 is 0 Å². The summed E-state index contributed by atoms with van der Waals surface area (Å²) in [5.41, 5.74) is 8.75. The van der Waals surface area contributed by atoms with E-state index in [0.29, 0.717) is 0 Å². The summed E-state index contributed by atoms with van der Waals surface area (Å²) in [6.45, 7) is 4.67. The van der Waals surface area contributed by atoms with Crippen LogP contribution in [0.3, 0.4) is 0 Å². The Bertz CT molecular complexity index is 310.